The first-order chi connectivity index (χ1) is 7.59. The fraction of sp³-hybridized carbons (Fsp3) is 0.417. The summed E-state index contributed by atoms with van der Waals surface area (Å²) in [5, 5.41) is 15.6. The lowest BCUT2D eigenvalue weighted by Gasteiger charge is -2.36. The number of hydrogen-bond acceptors (Lipinski definition) is 3. The van der Waals surface area contributed by atoms with Crippen molar-refractivity contribution in [1.29, 1.82) is 0 Å². The highest BCUT2D eigenvalue weighted by Gasteiger charge is 2.36. The predicted molar refractivity (Wildman–Crippen MR) is 62.2 cm³/mol. The van der Waals surface area contributed by atoms with Crippen molar-refractivity contribution in [3.63, 3.8) is 0 Å². The van der Waals surface area contributed by atoms with Gasteiger partial charge >= 0.3 is 0 Å². The summed E-state index contributed by atoms with van der Waals surface area (Å²) < 4.78 is 0. The second-order valence-electron chi connectivity index (χ2n) is 4.37. The Hall–Kier alpha value is -1.39. The van der Waals surface area contributed by atoms with E-state index in [0.29, 0.717) is 13.1 Å². The van der Waals surface area contributed by atoms with Gasteiger partial charge in [0.2, 0.25) is 5.91 Å². The molecule has 1 aromatic rings. The molecule has 0 atom stereocenters. The lowest BCUT2D eigenvalue weighted by Crippen LogP contribution is -2.60. The molecule has 4 nitrogen and oxygen atoms in total. The summed E-state index contributed by atoms with van der Waals surface area (Å²) >= 11 is 0. The van der Waals surface area contributed by atoms with Crippen LogP contribution < -0.4 is 10.6 Å². The molecule has 0 saturated carbocycles. The highest BCUT2D eigenvalue weighted by Crippen LogP contribution is 2.18. The lowest BCUT2D eigenvalue weighted by atomic mass is 9.93. The fourth-order valence-corrected chi connectivity index (χ4v) is 1.74. The predicted octanol–water partition coefficient (Wildman–Crippen LogP) is 0.658. The minimum absolute atomic E-state index is 0.140. The number of para-hydroxylation sites is 1. The van der Waals surface area contributed by atoms with Gasteiger partial charge in [0.1, 0.15) is 0 Å². The van der Waals surface area contributed by atoms with E-state index in [9.17, 15) is 9.90 Å². The minimum atomic E-state index is -0.854. The molecule has 4 heteroatoms. The first-order valence-corrected chi connectivity index (χ1v) is 5.38. The molecule has 1 aromatic carbocycles. The van der Waals surface area contributed by atoms with Gasteiger partial charge in [-0.15, -0.1) is 0 Å². The van der Waals surface area contributed by atoms with Gasteiger partial charge in [-0.1, -0.05) is 18.2 Å². The number of carbonyl (C=O) groups is 1. The molecule has 3 N–H and O–H groups in total. The van der Waals surface area contributed by atoms with Crippen LogP contribution in [0.2, 0.25) is 0 Å². The monoisotopic (exact) mass is 220 g/mol. The van der Waals surface area contributed by atoms with Crippen molar-refractivity contribution >= 4 is 11.6 Å². The molecular formula is C12H16N2O2. The smallest absolute Gasteiger partial charge is 0.227 e. The maximum atomic E-state index is 11.7. The zero-order chi connectivity index (χ0) is 11.6. The van der Waals surface area contributed by atoms with Gasteiger partial charge in [0.25, 0.3) is 0 Å². The van der Waals surface area contributed by atoms with Gasteiger partial charge in [0, 0.05) is 18.8 Å². The number of carbonyl (C=O) groups excluding carboxylic acids is 1. The molecule has 0 bridgehead atoms. The Bertz CT molecular complexity index is 400. The van der Waals surface area contributed by atoms with Crippen molar-refractivity contribution in [2.24, 2.45) is 0 Å². The molecule has 1 fully saturated rings. The van der Waals surface area contributed by atoms with Crippen molar-refractivity contribution in [2.75, 3.05) is 18.4 Å². The van der Waals surface area contributed by atoms with Gasteiger partial charge in [-0.05, 0) is 18.6 Å². The molecule has 1 saturated heterocycles. The molecule has 1 aliphatic rings. The summed E-state index contributed by atoms with van der Waals surface area (Å²) in [7, 11) is 0. The maximum absolute atomic E-state index is 11.7. The summed E-state index contributed by atoms with van der Waals surface area (Å²) in [6, 6.07) is 7.60. The van der Waals surface area contributed by atoms with Crippen LogP contribution in [0.15, 0.2) is 24.3 Å². The molecule has 0 unspecified atom stereocenters. The van der Waals surface area contributed by atoms with Gasteiger partial charge in [-0.2, -0.15) is 0 Å². The average molecular weight is 220 g/mol. The Labute approximate surface area is 94.7 Å². The van der Waals surface area contributed by atoms with Crippen LogP contribution >= 0.6 is 0 Å². The quantitative estimate of drug-likeness (QED) is 0.701. The van der Waals surface area contributed by atoms with E-state index in [-0.39, 0.29) is 12.3 Å². The zero-order valence-electron chi connectivity index (χ0n) is 9.29. The third kappa shape index (κ3) is 2.40. The van der Waals surface area contributed by atoms with E-state index >= 15 is 0 Å². The Morgan fingerprint density at radius 3 is 2.75 bits per heavy atom. The minimum Gasteiger partial charge on any atom is -0.387 e. The molecule has 0 spiro atoms. The van der Waals surface area contributed by atoms with Crippen LogP contribution in [0, 0.1) is 6.92 Å². The molecule has 1 heterocycles. The van der Waals surface area contributed by atoms with Crippen LogP contribution in [0.3, 0.4) is 0 Å². The van der Waals surface area contributed by atoms with E-state index in [1.54, 1.807) is 0 Å². The highest BCUT2D eigenvalue weighted by atomic mass is 16.3. The number of β-amino-alcohol motifs (C(OH)–C–C–N with tert-alkyl or cyclic N) is 1. The third-order valence-electron chi connectivity index (χ3n) is 2.82. The van der Waals surface area contributed by atoms with Gasteiger partial charge in [-0.25, -0.2) is 0 Å². The maximum Gasteiger partial charge on any atom is 0.227 e. The van der Waals surface area contributed by atoms with E-state index in [0.717, 1.165) is 11.3 Å². The van der Waals surface area contributed by atoms with E-state index < -0.39 is 5.60 Å². The van der Waals surface area contributed by atoms with E-state index in [2.05, 4.69) is 10.6 Å². The highest BCUT2D eigenvalue weighted by molar-refractivity contribution is 5.92. The number of nitrogens with one attached hydrogen (secondary N) is 2. The molecule has 1 aliphatic heterocycles. The van der Waals surface area contributed by atoms with E-state index in [1.165, 1.54) is 0 Å². The topological polar surface area (TPSA) is 61.4 Å². The van der Waals surface area contributed by atoms with Crippen LogP contribution in [0.25, 0.3) is 0 Å². The summed E-state index contributed by atoms with van der Waals surface area (Å²) in [5.74, 6) is -0.140. The molecule has 0 aromatic heterocycles. The Morgan fingerprint density at radius 1 is 1.50 bits per heavy atom. The van der Waals surface area contributed by atoms with Crippen molar-refractivity contribution in [2.45, 2.75) is 18.9 Å². The first-order valence-electron chi connectivity index (χ1n) is 5.38. The fourth-order valence-electron chi connectivity index (χ4n) is 1.74. The van der Waals surface area contributed by atoms with Crippen LogP contribution in [0.5, 0.6) is 0 Å². The Balaban J connectivity index is 1.95. The summed E-state index contributed by atoms with van der Waals surface area (Å²) in [6.07, 6.45) is 0.147. The number of benzene rings is 1. The van der Waals surface area contributed by atoms with Crippen molar-refractivity contribution in [1.82, 2.24) is 5.32 Å². The Kier molecular flexibility index (Phi) is 2.94. The second kappa shape index (κ2) is 4.23. The van der Waals surface area contributed by atoms with Crippen LogP contribution in [-0.4, -0.2) is 29.7 Å². The summed E-state index contributed by atoms with van der Waals surface area (Å²) in [4.78, 5) is 11.7. The molecule has 2 rings (SSSR count). The van der Waals surface area contributed by atoms with Crippen LogP contribution in [0.1, 0.15) is 12.0 Å². The second-order valence-corrected chi connectivity index (χ2v) is 4.37. The van der Waals surface area contributed by atoms with Crippen LogP contribution in [0.4, 0.5) is 5.69 Å². The van der Waals surface area contributed by atoms with E-state index in [1.807, 2.05) is 31.2 Å². The number of aliphatic hydroxyl groups is 1. The number of anilines is 1. The van der Waals surface area contributed by atoms with E-state index in [4.69, 9.17) is 0 Å². The molecule has 1 amide bonds. The molecular weight excluding hydrogens is 204 g/mol. The largest absolute Gasteiger partial charge is 0.387 e. The number of rotatable bonds is 3. The summed E-state index contributed by atoms with van der Waals surface area (Å²) in [6.45, 7) is 2.93. The van der Waals surface area contributed by atoms with Gasteiger partial charge in [-0.3, -0.25) is 4.79 Å². The molecule has 16 heavy (non-hydrogen) atoms. The van der Waals surface area contributed by atoms with Crippen molar-refractivity contribution in [3.05, 3.63) is 29.8 Å². The van der Waals surface area contributed by atoms with Crippen molar-refractivity contribution in [3.8, 4) is 0 Å². The number of amides is 1. The molecule has 0 radical (unpaired) electrons. The standard InChI is InChI=1S/C12H16N2O2/c1-9-4-2-3-5-10(9)14-11(15)6-12(16)7-13-8-12/h2-5,13,16H,6-8H2,1H3,(H,14,15). The average Bonchev–Trinajstić information content (AvgIpc) is 2.19. The van der Waals surface area contributed by atoms with Gasteiger partial charge in [0.05, 0.1) is 12.0 Å². The summed E-state index contributed by atoms with van der Waals surface area (Å²) in [5.41, 5.74) is 0.977. The molecule has 0 aliphatic carbocycles. The lowest BCUT2D eigenvalue weighted by molar-refractivity contribution is -0.123. The van der Waals surface area contributed by atoms with Crippen LogP contribution in [-0.2, 0) is 4.79 Å². The SMILES string of the molecule is Cc1ccccc1NC(=O)CC1(O)CNC1. The number of aryl methyl sites for hydroxylation is 1. The number of hydrogen-bond donors (Lipinski definition) is 3. The Morgan fingerprint density at radius 2 is 2.19 bits per heavy atom. The van der Waals surface area contributed by atoms with Gasteiger partial charge in [0.15, 0.2) is 0 Å². The zero-order valence-corrected chi connectivity index (χ0v) is 9.29. The first kappa shape index (κ1) is 11.1. The third-order valence-corrected chi connectivity index (χ3v) is 2.82. The molecule has 86 valence electrons. The van der Waals surface area contributed by atoms with Crippen molar-refractivity contribution < 1.29 is 9.90 Å². The van der Waals surface area contributed by atoms with Gasteiger partial charge < -0.3 is 15.7 Å². The normalized spacial score (nSPS) is 17.6.